The van der Waals surface area contributed by atoms with Gasteiger partial charge < -0.3 is 10.0 Å². The highest BCUT2D eigenvalue weighted by molar-refractivity contribution is 5.30. The molecule has 1 aromatic rings. The summed E-state index contributed by atoms with van der Waals surface area (Å²) in [5.41, 5.74) is 0.610. The molecule has 0 fully saturated rings. The van der Waals surface area contributed by atoms with E-state index in [4.69, 9.17) is 5.11 Å². The molecule has 0 aromatic carbocycles. The monoisotopic (exact) mass is 183 g/mol. The molecule has 5 nitrogen and oxygen atoms in total. The van der Waals surface area contributed by atoms with Crippen molar-refractivity contribution in [1.82, 2.24) is 9.97 Å². The summed E-state index contributed by atoms with van der Waals surface area (Å²) >= 11 is 0. The van der Waals surface area contributed by atoms with Crippen LogP contribution in [-0.2, 0) is 6.61 Å². The zero-order valence-electron chi connectivity index (χ0n) is 7.96. The lowest BCUT2D eigenvalue weighted by Gasteiger charge is -2.11. The quantitative estimate of drug-likeness (QED) is 0.656. The molecular formula is C8H13N3O2. The van der Waals surface area contributed by atoms with E-state index in [0.717, 1.165) is 0 Å². The molecule has 72 valence electrons. The Hall–Kier alpha value is -1.36. The molecule has 0 amide bonds. The lowest BCUT2D eigenvalue weighted by molar-refractivity contribution is 0.278. The highest BCUT2D eigenvalue weighted by atomic mass is 16.3. The smallest absolute Gasteiger partial charge is 0.258 e. The van der Waals surface area contributed by atoms with Crippen molar-refractivity contribution >= 4 is 5.95 Å². The highest BCUT2D eigenvalue weighted by Crippen LogP contribution is 2.03. The third-order valence-electron chi connectivity index (χ3n) is 1.79. The third-order valence-corrected chi connectivity index (χ3v) is 1.79. The van der Waals surface area contributed by atoms with Crippen LogP contribution in [-0.4, -0.2) is 29.2 Å². The van der Waals surface area contributed by atoms with Crippen LogP contribution in [0, 0.1) is 6.92 Å². The van der Waals surface area contributed by atoms with Gasteiger partial charge in [-0.15, -0.1) is 0 Å². The van der Waals surface area contributed by atoms with Gasteiger partial charge in [-0.05, 0) is 6.92 Å². The number of aliphatic hydroxyl groups excluding tert-OH is 1. The number of aryl methyl sites for hydroxylation is 1. The number of rotatable bonds is 2. The van der Waals surface area contributed by atoms with Crippen molar-refractivity contribution in [3.05, 3.63) is 21.6 Å². The van der Waals surface area contributed by atoms with Crippen molar-refractivity contribution in [2.45, 2.75) is 13.5 Å². The minimum absolute atomic E-state index is 0.276. The molecule has 1 aromatic heterocycles. The Morgan fingerprint density at radius 1 is 1.54 bits per heavy atom. The van der Waals surface area contributed by atoms with Gasteiger partial charge in [0.05, 0.1) is 17.9 Å². The molecule has 0 aliphatic rings. The molecule has 0 spiro atoms. The van der Waals surface area contributed by atoms with Crippen LogP contribution in [0.15, 0.2) is 4.79 Å². The summed E-state index contributed by atoms with van der Waals surface area (Å²) in [5, 5.41) is 8.86. The van der Waals surface area contributed by atoms with Crippen LogP contribution in [0.25, 0.3) is 0 Å². The van der Waals surface area contributed by atoms with Gasteiger partial charge >= 0.3 is 0 Å². The van der Waals surface area contributed by atoms with Crippen LogP contribution in [0.2, 0.25) is 0 Å². The fourth-order valence-corrected chi connectivity index (χ4v) is 0.994. The zero-order valence-corrected chi connectivity index (χ0v) is 7.96. The van der Waals surface area contributed by atoms with Crippen LogP contribution in [0.3, 0.4) is 0 Å². The number of aliphatic hydroxyl groups is 1. The number of hydrogen-bond acceptors (Lipinski definition) is 4. The number of aromatic amines is 1. The standard InChI is InChI=1S/C8H13N3O2/c1-5-6(4-12)7(13)10-8(9-5)11(2)3/h12H,4H2,1-3H3,(H,9,10,13). The topological polar surface area (TPSA) is 69.2 Å². The van der Waals surface area contributed by atoms with Crippen LogP contribution < -0.4 is 10.5 Å². The van der Waals surface area contributed by atoms with Crippen LogP contribution in [0.1, 0.15) is 11.3 Å². The van der Waals surface area contributed by atoms with E-state index in [-0.39, 0.29) is 12.2 Å². The summed E-state index contributed by atoms with van der Waals surface area (Å²) in [6.45, 7) is 1.43. The van der Waals surface area contributed by atoms with Crippen LogP contribution in [0.5, 0.6) is 0 Å². The molecule has 2 N–H and O–H groups in total. The summed E-state index contributed by atoms with van der Waals surface area (Å²) < 4.78 is 0. The van der Waals surface area contributed by atoms with Crippen LogP contribution >= 0.6 is 0 Å². The molecule has 0 bridgehead atoms. The third kappa shape index (κ3) is 1.86. The van der Waals surface area contributed by atoms with E-state index in [1.165, 1.54) is 0 Å². The van der Waals surface area contributed by atoms with E-state index < -0.39 is 0 Å². The van der Waals surface area contributed by atoms with Gasteiger partial charge in [-0.3, -0.25) is 9.78 Å². The average Bonchev–Trinajstić information content (AvgIpc) is 2.03. The summed E-state index contributed by atoms with van der Waals surface area (Å²) in [4.78, 5) is 19.7. The van der Waals surface area contributed by atoms with Gasteiger partial charge in [-0.1, -0.05) is 0 Å². The second-order valence-electron chi connectivity index (χ2n) is 3.01. The van der Waals surface area contributed by atoms with Crippen molar-refractivity contribution in [3.8, 4) is 0 Å². The first-order chi connectivity index (χ1) is 6.06. The number of H-pyrrole nitrogens is 1. The predicted octanol–water partition coefficient (Wildman–Crippen LogP) is -0.363. The Morgan fingerprint density at radius 3 is 2.54 bits per heavy atom. The first-order valence-electron chi connectivity index (χ1n) is 3.94. The van der Waals surface area contributed by atoms with E-state index in [1.54, 1.807) is 25.9 Å². The summed E-state index contributed by atoms with van der Waals surface area (Å²) in [7, 11) is 3.58. The first-order valence-corrected chi connectivity index (χ1v) is 3.94. The number of anilines is 1. The highest BCUT2D eigenvalue weighted by Gasteiger charge is 2.07. The van der Waals surface area contributed by atoms with Crippen molar-refractivity contribution in [1.29, 1.82) is 0 Å². The molecular weight excluding hydrogens is 170 g/mol. The summed E-state index contributed by atoms with van der Waals surface area (Å²) in [6, 6.07) is 0. The largest absolute Gasteiger partial charge is 0.391 e. The fourth-order valence-electron chi connectivity index (χ4n) is 0.994. The zero-order chi connectivity index (χ0) is 10.0. The number of nitrogens with zero attached hydrogens (tertiary/aromatic N) is 2. The van der Waals surface area contributed by atoms with Gasteiger partial charge in [0.25, 0.3) is 5.56 Å². The molecule has 5 heteroatoms. The Labute approximate surface area is 76.0 Å². The molecule has 0 saturated carbocycles. The Balaban J connectivity index is 3.29. The first kappa shape index (κ1) is 9.73. The molecule has 0 radical (unpaired) electrons. The van der Waals surface area contributed by atoms with E-state index in [1.807, 2.05) is 0 Å². The van der Waals surface area contributed by atoms with Crippen LogP contribution in [0.4, 0.5) is 5.95 Å². The average molecular weight is 183 g/mol. The maximum absolute atomic E-state index is 11.3. The number of hydrogen-bond donors (Lipinski definition) is 2. The molecule has 0 unspecified atom stereocenters. The number of aromatic nitrogens is 2. The minimum Gasteiger partial charge on any atom is -0.391 e. The second kappa shape index (κ2) is 3.57. The lowest BCUT2D eigenvalue weighted by atomic mass is 10.2. The van der Waals surface area contributed by atoms with E-state index in [9.17, 15) is 4.79 Å². The summed E-state index contributed by atoms with van der Waals surface area (Å²) in [5.74, 6) is 0.500. The van der Waals surface area contributed by atoms with Gasteiger partial charge in [-0.25, -0.2) is 4.98 Å². The molecule has 1 rings (SSSR count). The Bertz CT molecular complexity index is 357. The van der Waals surface area contributed by atoms with E-state index >= 15 is 0 Å². The van der Waals surface area contributed by atoms with Gasteiger partial charge in [0.15, 0.2) is 0 Å². The molecule has 0 saturated heterocycles. The van der Waals surface area contributed by atoms with Crippen molar-refractivity contribution in [2.75, 3.05) is 19.0 Å². The minimum atomic E-state index is -0.279. The number of nitrogens with one attached hydrogen (secondary N) is 1. The van der Waals surface area contributed by atoms with E-state index in [2.05, 4.69) is 9.97 Å². The van der Waals surface area contributed by atoms with Crippen molar-refractivity contribution < 1.29 is 5.11 Å². The maximum Gasteiger partial charge on any atom is 0.258 e. The molecule has 1 heterocycles. The van der Waals surface area contributed by atoms with Crippen molar-refractivity contribution in [3.63, 3.8) is 0 Å². The van der Waals surface area contributed by atoms with Crippen molar-refractivity contribution in [2.24, 2.45) is 0 Å². The summed E-state index contributed by atoms with van der Waals surface area (Å²) in [6.07, 6.45) is 0. The molecule has 0 atom stereocenters. The molecule has 0 aliphatic heterocycles. The SMILES string of the molecule is Cc1nc(N(C)C)[nH]c(=O)c1CO. The Morgan fingerprint density at radius 2 is 2.15 bits per heavy atom. The lowest BCUT2D eigenvalue weighted by Crippen LogP contribution is -2.22. The van der Waals surface area contributed by atoms with Gasteiger partial charge in [0.2, 0.25) is 5.95 Å². The van der Waals surface area contributed by atoms with Gasteiger partial charge in [-0.2, -0.15) is 0 Å². The van der Waals surface area contributed by atoms with E-state index in [0.29, 0.717) is 17.2 Å². The fraction of sp³-hybridized carbons (Fsp3) is 0.500. The van der Waals surface area contributed by atoms with Gasteiger partial charge in [0.1, 0.15) is 0 Å². The van der Waals surface area contributed by atoms with Gasteiger partial charge in [0, 0.05) is 14.1 Å². The molecule has 0 aliphatic carbocycles. The Kier molecular flexibility index (Phi) is 2.67. The predicted molar refractivity (Wildman–Crippen MR) is 49.8 cm³/mol. The second-order valence-corrected chi connectivity index (χ2v) is 3.01. The normalized spacial score (nSPS) is 10.2. The maximum atomic E-state index is 11.3. The molecule has 13 heavy (non-hydrogen) atoms.